The number of aliphatic carboxylic acids is 1. The average Bonchev–Trinajstić information content (AvgIpc) is 2.37. The van der Waals surface area contributed by atoms with Gasteiger partial charge >= 0.3 is 5.97 Å². The highest BCUT2D eigenvalue weighted by Crippen LogP contribution is 2.05. The number of carbonyl (C=O) groups excluding carboxylic acids is 1. The molecule has 0 bridgehead atoms. The van der Waals surface area contributed by atoms with Crippen molar-refractivity contribution in [2.75, 3.05) is 6.54 Å². The molecular formula is C16H23NO3. The van der Waals surface area contributed by atoms with Gasteiger partial charge in [-0.1, -0.05) is 42.7 Å². The first-order valence-electron chi connectivity index (χ1n) is 7.12. The van der Waals surface area contributed by atoms with E-state index in [0.717, 1.165) is 30.4 Å². The lowest BCUT2D eigenvalue weighted by atomic mass is 10.1. The van der Waals surface area contributed by atoms with E-state index in [9.17, 15) is 9.59 Å². The first-order chi connectivity index (χ1) is 9.58. The fourth-order valence-corrected chi connectivity index (χ4v) is 2.05. The summed E-state index contributed by atoms with van der Waals surface area (Å²) in [6.07, 6.45) is 4.13. The van der Waals surface area contributed by atoms with E-state index in [1.165, 1.54) is 0 Å². The Labute approximate surface area is 120 Å². The van der Waals surface area contributed by atoms with Crippen LogP contribution in [0.2, 0.25) is 0 Å². The summed E-state index contributed by atoms with van der Waals surface area (Å²) in [6, 6.07) is 7.95. The van der Waals surface area contributed by atoms with Crippen LogP contribution in [0.5, 0.6) is 0 Å². The van der Waals surface area contributed by atoms with Crippen LogP contribution in [0, 0.1) is 6.92 Å². The maximum absolute atomic E-state index is 11.7. The van der Waals surface area contributed by atoms with Crippen molar-refractivity contribution in [3.05, 3.63) is 35.4 Å². The lowest BCUT2D eigenvalue weighted by Gasteiger charge is -2.06. The van der Waals surface area contributed by atoms with Gasteiger partial charge < -0.3 is 10.4 Å². The van der Waals surface area contributed by atoms with Crippen molar-refractivity contribution in [2.24, 2.45) is 0 Å². The van der Waals surface area contributed by atoms with Gasteiger partial charge in [-0.05, 0) is 25.3 Å². The molecule has 1 amide bonds. The largest absolute Gasteiger partial charge is 0.481 e. The van der Waals surface area contributed by atoms with Gasteiger partial charge in [0.2, 0.25) is 5.91 Å². The van der Waals surface area contributed by atoms with Gasteiger partial charge in [0.25, 0.3) is 0 Å². The SMILES string of the molecule is Cc1cccc(CC(=O)NCCCCCCC(=O)O)c1. The molecule has 0 heterocycles. The first-order valence-corrected chi connectivity index (χ1v) is 7.12. The predicted molar refractivity (Wildman–Crippen MR) is 78.6 cm³/mol. The first kappa shape index (κ1) is 16.2. The second kappa shape index (κ2) is 9.13. The normalized spacial score (nSPS) is 10.2. The number of hydrogen-bond donors (Lipinski definition) is 2. The third kappa shape index (κ3) is 7.56. The van der Waals surface area contributed by atoms with Gasteiger partial charge in [-0.3, -0.25) is 9.59 Å². The van der Waals surface area contributed by atoms with Crippen LogP contribution in [-0.2, 0) is 16.0 Å². The fraction of sp³-hybridized carbons (Fsp3) is 0.500. The Morgan fingerprint density at radius 2 is 1.90 bits per heavy atom. The molecule has 4 heteroatoms. The van der Waals surface area contributed by atoms with Crippen molar-refractivity contribution < 1.29 is 14.7 Å². The van der Waals surface area contributed by atoms with Gasteiger partial charge in [0.15, 0.2) is 0 Å². The van der Waals surface area contributed by atoms with E-state index in [2.05, 4.69) is 5.32 Å². The number of unbranched alkanes of at least 4 members (excludes halogenated alkanes) is 3. The van der Waals surface area contributed by atoms with Gasteiger partial charge in [-0.25, -0.2) is 0 Å². The highest BCUT2D eigenvalue weighted by atomic mass is 16.4. The molecule has 0 unspecified atom stereocenters. The van der Waals surface area contributed by atoms with E-state index >= 15 is 0 Å². The molecule has 1 rings (SSSR count). The zero-order chi connectivity index (χ0) is 14.8. The Morgan fingerprint density at radius 1 is 1.15 bits per heavy atom. The summed E-state index contributed by atoms with van der Waals surface area (Å²) in [7, 11) is 0. The quantitative estimate of drug-likeness (QED) is 0.682. The molecule has 0 aliphatic carbocycles. The molecule has 0 spiro atoms. The van der Waals surface area contributed by atoms with Crippen LogP contribution in [0.25, 0.3) is 0 Å². The number of amides is 1. The van der Waals surface area contributed by atoms with Crippen LogP contribution in [0.4, 0.5) is 0 Å². The van der Waals surface area contributed by atoms with Crippen LogP contribution in [-0.4, -0.2) is 23.5 Å². The standard InChI is InChI=1S/C16H23NO3/c1-13-7-6-8-14(11-13)12-15(18)17-10-5-3-2-4-9-16(19)20/h6-8,11H,2-5,9-10,12H2,1H3,(H,17,18)(H,19,20). The van der Waals surface area contributed by atoms with Crippen molar-refractivity contribution in [1.29, 1.82) is 0 Å². The van der Waals surface area contributed by atoms with Crippen molar-refractivity contribution in [3.8, 4) is 0 Å². The molecule has 0 aromatic heterocycles. The van der Waals surface area contributed by atoms with Crippen LogP contribution >= 0.6 is 0 Å². The minimum Gasteiger partial charge on any atom is -0.481 e. The molecule has 2 N–H and O–H groups in total. The van der Waals surface area contributed by atoms with E-state index in [1.807, 2.05) is 31.2 Å². The summed E-state index contributed by atoms with van der Waals surface area (Å²) in [5.74, 6) is -0.697. The second-order valence-corrected chi connectivity index (χ2v) is 5.07. The van der Waals surface area contributed by atoms with Crippen molar-refractivity contribution >= 4 is 11.9 Å². The molecule has 20 heavy (non-hydrogen) atoms. The Kier molecular flexibility index (Phi) is 7.40. The molecule has 0 atom stereocenters. The zero-order valence-electron chi connectivity index (χ0n) is 12.0. The van der Waals surface area contributed by atoms with Gasteiger partial charge in [0.05, 0.1) is 6.42 Å². The molecule has 0 saturated carbocycles. The predicted octanol–water partition coefficient (Wildman–Crippen LogP) is 2.69. The van der Waals surface area contributed by atoms with Crippen LogP contribution in [0.1, 0.15) is 43.2 Å². The number of nitrogens with one attached hydrogen (secondary N) is 1. The number of carboxylic acids is 1. The molecule has 0 radical (unpaired) electrons. The molecule has 1 aromatic carbocycles. The van der Waals surface area contributed by atoms with Crippen molar-refractivity contribution in [3.63, 3.8) is 0 Å². The van der Waals surface area contributed by atoms with E-state index in [1.54, 1.807) is 0 Å². The summed E-state index contributed by atoms with van der Waals surface area (Å²) in [4.78, 5) is 22.0. The third-order valence-electron chi connectivity index (χ3n) is 3.09. The third-order valence-corrected chi connectivity index (χ3v) is 3.09. The number of benzene rings is 1. The lowest BCUT2D eigenvalue weighted by Crippen LogP contribution is -2.26. The Hall–Kier alpha value is -1.84. The fourth-order valence-electron chi connectivity index (χ4n) is 2.05. The minimum atomic E-state index is -0.739. The highest BCUT2D eigenvalue weighted by Gasteiger charge is 2.03. The van der Waals surface area contributed by atoms with Crippen molar-refractivity contribution in [2.45, 2.75) is 45.4 Å². The molecule has 0 saturated heterocycles. The number of carbonyl (C=O) groups is 2. The Morgan fingerprint density at radius 3 is 2.60 bits per heavy atom. The molecule has 4 nitrogen and oxygen atoms in total. The summed E-state index contributed by atoms with van der Waals surface area (Å²) in [5.41, 5.74) is 2.19. The molecule has 0 aliphatic rings. The summed E-state index contributed by atoms with van der Waals surface area (Å²) in [6.45, 7) is 2.68. The number of rotatable bonds is 9. The number of aryl methyl sites for hydroxylation is 1. The maximum Gasteiger partial charge on any atom is 0.303 e. The van der Waals surface area contributed by atoms with Gasteiger partial charge in [-0.2, -0.15) is 0 Å². The monoisotopic (exact) mass is 277 g/mol. The second-order valence-electron chi connectivity index (χ2n) is 5.07. The molecule has 110 valence electrons. The summed E-state index contributed by atoms with van der Waals surface area (Å²) in [5, 5.41) is 11.4. The smallest absolute Gasteiger partial charge is 0.303 e. The highest BCUT2D eigenvalue weighted by molar-refractivity contribution is 5.78. The molecule has 0 aliphatic heterocycles. The molecule has 1 aromatic rings. The van der Waals surface area contributed by atoms with Gasteiger partial charge in [0.1, 0.15) is 0 Å². The van der Waals surface area contributed by atoms with E-state index in [-0.39, 0.29) is 12.3 Å². The van der Waals surface area contributed by atoms with Gasteiger partial charge in [0, 0.05) is 13.0 Å². The average molecular weight is 277 g/mol. The van der Waals surface area contributed by atoms with Crippen LogP contribution in [0.3, 0.4) is 0 Å². The topological polar surface area (TPSA) is 66.4 Å². The van der Waals surface area contributed by atoms with Gasteiger partial charge in [-0.15, -0.1) is 0 Å². The number of carboxylic acid groups (broad SMARTS) is 1. The van der Waals surface area contributed by atoms with E-state index in [4.69, 9.17) is 5.11 Å². The summed E-state index contributed by atoms with van der Waals surface area (Å²) < 4.78 is 0. The van der Waals surface area contributed by atoms with Crippen molar-refractivity contribution in [1.82, 2.24) is 5.32 Å². The maximum atomic E-state index is 11.7. The van der Waals surface area contributed by atoms with Crippen LogP contribution < -0.4 is 5.32 Å². The Balaban J connectivity index is 2.07. The lowest BCUT2D eigenvalue weighted by molar-refractivity contribution is -0.137. The minimum absolute atomic E-state index is 0.0427. The number of hydrogen-bond acceptors (Lipinski definition) is 2. The van der Waals surface area contributed by atoms with E-state index in [0.29, 0.717) is 19.4 Å². The summed E-state index contributed by atoms with van der Waals surface area (Å²) >= 11 is 0. The van der Waals surface area contributed by atoms with E-state index < -0.39 is 5.97 Å². The zero-order valence-corrected chi connectivity index (χ0v) is 12.0. The Bertz CT molecular complexity index is 443. The molecular weight excluding hydrogens is 254 g/mol. The molecule has 0 fully saturated rings. The van der Waals surface area contributed by atoms with Crippen LogP contribution in [0.15, 0.2) is 24.3 Å².